The Kier molecular flexibility index (Phi) is 3.36. The van der Waals surface area contributed by atoms with Crippen LogP contribution in [0.5, 0.6) is 0 Å². The van der Waals surface area contributed by atoms with Gasteiger partial charge in [-0.05, 0) is 30.4 Å². The highest BCUT2D eigenvalue weighted by Gasteiger charge is 2.54. The van der Waals surface area contributed by atoms with Crippen LogP contribution in [0.4, 0.5) is 5.82 Å². The van der Waals surface area contributed by atoms with Crippen molar-refractivity contribution in [3.05, 3.63) is 41.0 Å². The Morgan fingerprint density at radius 3 is 2.85 bits per heavy atom. The zero-order valence-electron chi connectivity index (χ0n) is 14.0. The molecule has 8 heteroatoms. The van der Waals surface area contributed by atoms with E-state index in [1.807, 2.05) is 17.6 Å². The number of nitrogens with zero attached hydrogens (tertiary/aromatic N) is 4. The highest BCUT2D eigenvalue weighted by Crippen LogP contribution is 2.45. The topological polar surface area (TPSA) is 82.2 Å². The molecule has 0 radical (unpaired) electrons. The van der Waals surface area contributed by atoms with Crippen LogP contribution in [0.1, 0.15) is 22.5 Å². The van der Waals surface area contributed by atoms with E-state index in [-0.39, 0.29) is 11.4 Å². The van der Waals surface area contributed by atoms with Crippen molar-refractivity contribution in [2.24, 2.45) is 0 Å². The van der Waals surface area contributed by atoms with Gasteiger partial charge in [0.1, 0.15) is 17.8 Å². The number of fused-ring (bicyclic) bond motifs is 1. The quantitative estimate of drug-likeness (QED) is 0.566. The number of nitrogens with one attached hydrogen (secondary N) is 1. The van der Waals surface area contributed by atoms with Gasteiger partial charge in [-0.3, -0.25) is 9.59 Å². The number of hydrogen-bond acceptors (Lipinski definition) is 6. The summed E-state index contributed by atoms with van der Waals surface area (Å²) in [4.78, 5) is 41.6. The van der Waals surface area contributed by atoms with Crippen LogP contribution in [0, 0.1) is 0 Å². The molecule has 2 fully saturated rings. The molecular weight excluding hydrogens is 350 g/mol. The first kappa shape index (κ1) is 15.5. The Hall–Kier alpha value is -2.74. The molecule has 1 aliphatic heterocycles. The average molecular weight is 367 g/mol. The summed E-state index contributed by atoms with van der Waals surface area (Å²) in [7, 11) is 0. The molecule has 1 saturated carbocycles. The van der Waals surface area contributed by atoms with Crippen LogP contribution in [-0.4, -0.2) is 56.7 Å². The number of thiophene rings is 1. The van der Waals surface area contributed by atoms with Gasteiger partial charge in [0.15, 0.2) is 0 Å². The maximum absolute atomic E-state index is 12.8. The zero-order chi connectivity index (χ0) is 17.7. The van der Waals surface area contributed by atoms with Crippen molar-refractivity contribution in [3.8, 4) is 0 Å². The largest absolute Gasteiger partial charge is 0.352 e. The van der Waals surface area contributed by atoms with Gasteiger partial charge >= 0.3 is 0 Å². The van der Waals surface area contributed by atoms with Crippen molar-refractivity contribution in [1.29, 1.82) is 0 Å². The summed E-state index contributed by atoms with van der Waals surface area (Å²) in [5, 5.41) is 2.81. The Balaban J connectivity index is 1.40. The third-order valence-electron chi connectivity index (χ3n) is 5.30. The summed E-state index contributed by atoms with van der Waals surface area (Å²) in [5.41, 5.74) is 0.571. The Labute approximate surface area is 153 Å². The third-order valence-corrected chi connectivity index (χ3v) is 6.16. The highest BCUT2D eigenvalue weighted by molar-refractivity contribution is 7.13. The van der Waals surface area contributed by atoms with E-state index in [0.29, 0.717) is 24.5 Å². The lowest BCUT2D eigenvalue weighted by molar-refractivity contribution is -0.129. The number of carbonyl (C=O) groups excluding carboxylic acids is 2. The van der Waals surface area contributed by atoms with Crippen molar-refractivity contribution >= 4 is 39.9 Å². The fourth-order valence-corrected chi connectivity index (χ4v) is 4.45. The molecular formula is C18H17N5O2S. The van der Waals surface area contributed by atoms with E-state index in [2.05, 4.69) is 19.9 Å². The zero-order valence-corrected chi connectivity index (χ0v) is 14.8. The fourth-order valence-electron chi connectivity index (χ4n) is 3.79. The van der Waals surface area contributed by atoms with Crippen LogP contribution in [0.2, 0.25) is 0 Å². The van der Waals surface area contributed by atoms with Crippen LogP contribution >= 0.6 is 11.3 Å². The standard InChI is InChI=1S/C18H17N5O2S/c24-14(13-2-1-9-26-13)17(25)23-8-7-22(10-18(23)4-5-18)16-12-3-6-19-15(12)20-11-21-16/h1-3,6,9,11H,4-5,7-8,10H2,(H,19,20,21). The summed E-state index contributed by atoms with van der Waals surface area (Å²) in [6, 6.07) is 5.49. The number of aromatic amines is 1. The molecule has 1 amide bonds. The van der Waals surface area contributed by atoms with Gasteiger partial charge < -0.3 is 14.8 Å². The molecule has 4 heterocycles. The van der Waals surface area contributed by atoms with Crippen molar-refractivity contribution in [3.63, 3.8) is 0 Å². The van der Waals surface area contributed by atoms with Crippen molar-refractivity contribution < 1.29 is 9.59 Å². The van der Waals surface area contributed by atoms with E-state index in [1.54, 1.807) is 23.4 Å². The first-order chi connectivity index (χ1) is 12.7. The highest BCUT2D eigenvalue weighted by atomic mass is 32.1. The number of Topliss-reactive ketones (excluding diaryl/α,β-unsaturated/α-hetero) is 1. The van der Waals surface area contributed by atoms with E-state index >= 15 is 0 Å². The minimum atomic E-state index is -0.394. The molecule has 1 aliphatic carbocycles. The molecule has 1 N–H and O–H groups in total. The fraction of sp³-hybridized carbons (Fsp3) is 0.333. The lowest BCUT2D eigenvalue weighted by atomic mass is 10.1. The smallest absolute Gasteiger partial charge is 0.296 e. The lowest BCUT2D eigenvalue weighted by Gasteiger charge is -2.42. The number of amides is 1. The molecule has 0 unspecified atom stereocenters. The third kappa shape index (κ3) is 2.33. The maximum atomic E-state index is 12.8. The van der Waals surface area contributed by atoms with Crippen LogP contribution in [0.15, 0.2) is 36.1 Å². The predicted molar refractivity (Wildman–Crippen MR) is 98.4 cm³/mol. The van der Waals surface area contributed by atoms with E-state index in [1.165, 1.54) is 11.3 Å². The van der Waals surface area contributed by atoms with E-state index in [0.717, 1.165) is 29.7 Å². The molecule has 2 aliphatic rings. The monoisotopic (exact) mass is 367 g/mol. The number of rotatable bonds is 3. The first-order valence-electron chi connectivity index (χ1n) is 8.61. The Morgan fingerprint density at radius 1 is 1.19 bits per heavy atom. The molecule has 0 bridgehead atoms. The van der Waals surface area contributed by atoms with E-state index in [9.17, 15) is 9.59 Å². The maximum Gasteiger partial charge on any atom is 0.296 e. The molecule has 3 aromatic rings. The number of H-pyrrole nitrogens is 1. The average Bonchev–Trinajstić information content (AvgIpc) is 3.10. The van der Waals surface area contributed by atoms with Crippen LogP contribution < -0.4 is 4.90 Å². The predicted octanol–water partition coefficient (Wildman–Crippen LogP) is 2.08. The van der Waals surface area contributed by atoms with Crippen LogP contribution in [0.25, 0.3) is 11.0 Å². The molecule has 7 nitrogen and oxygen atoms in total. The molecule has 5 rings (SSSR count). The molecule has 1 spiro atoms. The summed E-state index contributed by atoms with van der Waals surface area (Å²) < 4.78 is 0. The number of anilines is 1. The van der Waals surface area contributed by atoms with Crippen LogP contribution in [0.3, 0.4) is 0 Å². The van der Waals surface area contributed by atoms with Gasteiger partial charge in [-0.2, -0.15) is 0 Å². The SMILES string of the molecule is O=C(C(=O)N1CCN(c2ncnc3[nH]ccc23)CC12CC2)c1cccs1. The summed E-state index contributed by atoms with van der Waals surface area (Å²) in [6.07, 6.45) is 5.27. The van der Waals surface area contributed by atoms with Gasteiger partial charge in [-0.25, -0.2) is 9.97 Å². The van der Waals surface area contributed by atoms with Crippen molar-refractivity contribution in [2.75, 3.05) is 24.5 Å². The molecule has 132 valence electrons. The van der Waals surface area contributed by atoms with Gasteiger partial charge in [0.25, 0.3) is 11.7 Å². The number of piperazine rings is 1. The number of aromatic nitrogens is 3. The summed E-state index contributed by atoms with van der Waals surface area (Å²) in [6.45, 7) is 1.89. The van der Waals surface area contributed by atoms with Gasteiger partial charge in [0, 0.05) is 25.8 Å². The summed E-state index contributed by atoms with van der Waals surface area (Å²) in [5.74, 6) is 0.119. The van der Waals surface area contributed by atoms with Crippen molar-refractivity contribution in [2.45, 2.75) is 18.4 Å². The van der Waals surface area contributed by atoms with Crippen LogP contribution in [-0.2, 0) is 4.79 Å². The second-order valence-electron chi connectivity index (χ2n) is 6.85. The van der Waals surface area contributed by atoms with Gasteiger partial charge in [0.05, 0.1) is 15.8 Å². The lowest BCUT2D eigenvalue weighted by Crippen LogP contribution is -2.58. The minimum Gasteiger partial charge on any atom is -0.352 e. The molecule has 3 aromatic heterocycles. The van der Waals surface area contributed by atoms with Gasteiger partial charge in [-0.1, -0.05) is 6.07 Å². The second kappa shape index (κ2) is 5.63. The minimum absolute atomic E-state index is 0.240. The number of carbonyl (C=O) groups is 2. The first-order valence-corrected chi connectivity index (χ1v) is 9.49. The van der Waals surface area contributed by atoms with Crippen molar-refractivity contribution in [1.82, 2.24) is 19.9 Å². The number of ketones is 1. The van der Waals surface area contributed by atoms with Gasteiger partial charge in [-0.15, -0.1) is 11.3 Å². The van der Waals surface area contributed by atoms with E-state index < -0.39 is 5.78 Å². The molecule has 0 aromatic carbocycles. The molecule has 0 atom stereocenters. The second-order valence-corrected chi connectivity index (χ2v) is 7.79. The molecule has 26 heavy (non-hydrogen) atoms. The Bertz CT molecular complexity index is 992. The van der Waals surface area contributed by atoms with E-state index in [4.69, 9.17) is 0 Å². The summed E-state index contributed by atoms with van der Waals surface area (Å²) >= 11 is 1.32. The normalized spacial score (nSPS) is 18.5. The van der Waals surface area contributed by atoms with Gasteiger partial charge in [0.2, 0.25) is 0 Å². The molecule has 1 saturated heterocycles. The Morgan fingerprint density at radius 2 is 2.08 bits per heavy atom. The number of hydrogen-bond donors (Lipinski definition) is 1.